The SMILES string of the molecule is CCCc1cc(=O)n(-c2ccc(C(=O)NCc3csc(N)n3)cc2)[nH]1. The fraction of sp³-hybridized carbons (Fsp3) is 0.235. The Kier molecular flexibility index (Phi) is 4.99. The number of nitrogens with two attached hydrogens (primary N) is 1. The molecule has 0 fully saturated rings. The van der Waals surface area contributed by atoms with Gasteiger partial charge >= 0.3 is 0 Å². The zero-order valence-corrected chi connectivity index (χ0v) is 14.6. The van der Waals surface area contributed by atoms with Crippen molar-refractivity contribution in [1.29, 1.82) is 0 Å². The Balaban J connectivity index is 1.69. The molecule has 0 saturated carbocycles. The summed E-state index contributed by atoms with van der Waals surface area (Å²) in [6, 6.07) is 8.45. The van der Waals surface area contributed by atoms with E-state index < -0.39 is 0 Å². The molecule has 130 valence electrons. The third kappa shape index (κ3) is 3.97. The fourth-order valence-corrected chi connectivity index (χ4v) is 3.04. The van der Waals surface area contributed by atoms with Crippen LogP contribution in [0, 0.1) is 0 Å². The Morgan fingerprint density at radius 2 is 2.12 bits per heavy atom. The number of aromatic nitrogens is 3. The molecule has 3 aromatic rings. The molecule has 7 nitrogen and oxygen atoms in total. The molecule has 8 heteroatoms. The van der Waals surface area contributed by atoms with Crippen LogP contribution in [-0.2, 0) is 13.0 Å². The van der Waals surface area contributed by atoms with Crippen LogP contribution in [0.4, 0.5) is 5.13 Å². The van der Waals surface area contributed by atoms with Gasteiger partial charge in [-0.05, 0) is 30.7 Å². The lowest BCUT2D eigenvalue weighted by atomic mass is 10.2. The van der Waals surface area contributed by atoms with E-state index in [1.807, 2.05) is 5.38 Å². The smallest absolute Gasteiger partial charge is 0.271 e. The van der Waals surface area contributed by atoms with Gasteiger partial charge in [0.15, 0.2) is 5.13 Å². The topological polar surface area (TPSA) is 106 Å². The molecule has 2 aromatic heterocycles. The summed E-state index contributed by atoms with van der Waals surface area (Å²) < 4.78 is 1.48. The second-order valence-corrected chi connectivity index (χ2v) is 6.50. The summed E-state index contributed by atoms with van der Waals surface area (Å²) in [5, 5.41) is 8.16. The minimum Gasteiger partial charge on any atom is -0.375 e. The van der Waals surface area contributed by atoms with Gasteiger partial charge in [-0.15, -0.1) is 11.3 Å². The zero-order chi connectivity index (χ0) is 17.8. The lowest BCUT2D eigenvalue weighted by molar-refractivity contribution is 0.0950. The number of amides is 1. The van der Waals surface area contributed by atoms with Crippen LogP contribution in [0.1, 0.15) is 35.1 Å². The van der Waals surface area contributed by atoms with Crippen molar-refractivity contribution in [2.75, 3.05) is 5.73 Å². The van der Waals surface area contributed by atoms with Crippen LogP contribution in [0.15, 0.2) is 40.5 Å². The summed E-state index contributed by atoms with van der Waals surface area (Å²) in [4.78, 5) is 28.3. The molecule has 25 heavy (non-hydrogen) atoms. The van der Waals surface area contributed by atoms with Gasteiger partial charge in [-0.2, -0.15) is 0 Å². The highest BCUT2D eigenvalue weighted by molar-refractivity contribution is 7.13. The summed E-state index contributed by atoms with van der Waals surface area (Å²) in [6.07, 6.45) is 1.79. The van der Waals surface area contributed by atoms with Gasteiger partial charge < -0.3 is 11.1 Å². The first kappa shape index (κ1) is 17.0. The minimum atomic E-state index is -0.205. The molecular weight excluding hydrogens is 338 g/mol. The highest BCUT2D eigenvalue weighted by Gasteiger charge is 2.09. The molecule has 1 aromatic carbocycles. The molecule has 0 radical (unpaired) electrons. The van der Waals surface area contributed by atoms with E-state index in [1.54, 1.807) is 30.3 Å². The number of carbonyl (C=O) groups excluding carboxylic acids is 1. The van der Waals surface area contributed by atoms with E-state index in [1.165, 1.54) is 16.0 Å². The Bertz CT molecular complexity index is 923. The molecular formula is C17H19N5O2S. The van der Waals surface area contributed by atoms with Gasteiger partial charge in [0.2, 0.25) is 0 Å². The van der Waals surface area contributed by atoms with E-state index in [-0.39, 0.29) is 11.5 Å². The molecule has 0 atom stereocenters. The molecule has 1 amide bonds. The number of anilines is 1. The number of nitrogen functional groups attached to an aromatic ring is 1. The van der Waals surface area contributed by atoms with E-state index in [2.05, 4.69) is 22.3 Å². The van der Waals surface area contributed by atoms with Crippen molar-refractivity contribution in [2.24, 2.45) is 0 Å². The fourth-order valence-electron chi connectivity index (χ4n) is 2.47. The van der Waals surface area contributed by atoms with Crippen molar-refractivity contribution >= 4 is 22.4 Å². The number of carbonyl (C=O) groups is 1. The van der Waals surface area contributed by atoms with Gasteiger partial charge in [0, 0.05) is 22.7 Å². The summed E-state index contributed by atoms with van der Waals surface area (Å²) in [5.41, 5.74) is 8.29. The number of rotatable bonds is 6. The zero-order valence-electron chi connectivity index (χ0n) is 13.8. The maximum absolute atomic E-state index is 12.2. The normalized spacial score (nSPS) is 10.8. The average molecular weight is 357 g/mol. The number of hydrogen-bond donors (Lipinski definition) is 3. The van der Waals surface area contributed by atoms with Gasteiger partial charge in [-0.25, -0.2) is 9.67 Å². The molecule has 0 unspecified atom stereocenters. The Morgan fingerprint density at radius 1 is 1.36 bits per heavy atom. The van der Waals surface area contributed by atoms with Gasteiger partial charge in [0.1, 0.15) is 0 Å². The first-order valence-corrected chi connectivity index (χ1v) is 8.84. The lowest BCUT2D eigenvalue weighted by Gasteiger charge is -2.06. The average Bonchev–Trinajstić information content (AvgIpc) is 3.19. The van der Waals surface area contributed by atoms with E-state index in [9.17, 15) is 9.59 Å². The van der Waals surface area contributed by atoms with Crippen LogP contribution in [0.25, 0.3) is 5.69 Å². The van der Waals surface area contributed by atoms with Gasteiger partial charge in [-0.3, -0.25) is 14.7 Å². The number of aryl methyl sites for hydroxylation is 1. The second-order valence-electron chi connectivity index (χ2n) is 5.61. The third-order valence-corrected chi connectivity index (χ3v) is 4.40. The monoisotopic (exact) mass is 357 g/mol. The molecule has 0 aliphatic heterocycles. The van der Waals surface area contributed by atoms with E-state index >= 15 is 0 Å². The molecule has 0 bridgehead atoms. The summed E-state index contributed by atoms with van der Waals surface area (Å²) in [7, 11) is 0. The molecule has 0 saturated heterocycles. The van der Waals surface area contributed by atoms with Crippen LogP contribution in [0.2, 0.25) is 0 Å². The van der Waals surface area contributed by atoms with Crippen LogP contribution in [0.5, 0.6) is 0 Å². The number of thiazole rings is 1. The molecule has 2 heterocycles. The molecule has 0 spiro atoms. The van der Waals surface area contributed by atoms with Crippen LogP contribution >= 0.6 is 11.3 Å². The molecule has 3 rings (SSSR count). The summed E-state index contributed by atoms with van der Waals surface area (Å²) >= 11 is 1.34. The number of hydrogen-bond acceptors (Lipinski definition) is 5. The summed E-state index contributed by atoms with van der Waals surface area (Å²) in [5.74, 6) is -0.205. The maximum atomic E-state index is 12.2. The first-order chi connectivity index (χ1) is 12.1. The largest absolute Gasteiger partial charge is 0.375 e. The van der Waals surface area contributed by atoms with Crippen LogP contribution in [-0.4, -0.2) is 20.7 Å². The number of nitrogens with zero attached hydrogens (tertiary/aromatic N) is 2. The van der Waals surface area contributed by atoms with Crippen LogP contribution in [0.3, 0.4) is 0 Å². The van der Waals surface area contributed by atoms with E-state index in [0.717, 1.165) is 24.2 Å². The molecule has 0 aliphatic rings. The highest BCUT2D eigenvalue weighted by Crippen LogP contribution is 2.11. The molecule has 0 aliphatic carbocycles. The summed E-state index contributed by atoms with van der Waals surface area (Å²) in [6.45, 7) is 2.38. The number of aromatic amines is 1. The number of benzene rings is 1. The molecule has 4 N–H and O–H groups in total. The minimum absolute atomic E-state index is 0.109. The second kappa shape index (κ2) is 7.35. The predicted octanol–water partition coefficient (Wildman–Crippen LogP) is 2.09. The first-order valence-electron chi connectivity index (χ1n) is 7.96. The Morgan fingerprint density at radius 3 is 2.76 bits per heavy atom. The van der Waals surface area contributed by atoms with Crippen molar-refractivity contribution in [3.63, 3.8) is 0 Å². The highest BCUT2D eigenvalue weighted by atomic mass is 32.1. The Hall–Kier alpha value is -2.87. The Labute approximate surface area is 148 Å². The van der Waals surface area contributed by atoms with Gasteiger partial charge in [-0.1, -0.05) is 13.3 Å². The number of nitrogens with one attached hydrogen (secondary N) is 2. The third-order valence-electron chi connectivity index (χ3n) is 3.68. The van der Waals surface area contributed by atoms with Crippen molar-refractivity contribution in [1.82, 2.24) is 20.1 Å². The predicted molar refractivity (Wildman–Crippen MR) is 98.1 cm³/mol. The standard InChI is InChI=1S/C17H19N5O2S/c1-2-3-12-8-15(23)22(21-12)14-6-4-11(5-7-14)16(24)19-9-13-10-25-17(18)20-13/h4-8,10,21H,2-3,9H2,1H3,(H2,18,20)(H,19,24). The lowest BCUT2D eigenvalue weighted by Crippen LogP contribution is -2.23. The maximum Gasteiger partial charge on any atom is 0.271 e. The quantitative estimate of drug-likeness (QED) is 0.628. The van der Waals surface area contributed by atoms with Gasteiger partial charge in [0.25, 0.3) is 11.5 Å². The van der Waals surface area contributed by atoms with Crippen molar-refractivity contribution in [3.8, 4) is 5.69 Å². The van der Waals surface area contributed by atoms with E-state index in [4.69, 9.17) is 5.73 Å². The van der Waals surface area contributed by atoms with Crippen LogP contribution < -0.4 is 16.6 Å². The van der Waals surface area contributed by atoms with Crippen molar-refractivity contribution < 1.29 is 4.79 Å². The van der Waals surface area contributed by atoms with Crippen molar-refractivity contribution in [3.05, 3.63) is 63.0 Å². The van der Waals surface area contributed by atoms with E-state index in [0.29, 0.717) is 22.9 Å². The van der Waals surface area contributed by atoms with Gasteiger partial charge in [0.05, 0.1) is 17.9 Å². The van der Waals surface area contributed by atoms with Crippen molar-refractivity contribution in [2.45, 2.75) is 26.3 Å². The number of H-pyrrole nitrogens is 1.